The van der Waals surface area contributed by atoms with Crippen molar-refractivity contribution < 1.29 is 19.5 Å². The average molecular weight is 282 g/mol. The molecule has 1 fully saturated rings. The number of non-ortho nitro benzene ring substituents is 1. The number of aliphatic hydroxyl groups excluding tert-OH is 1. The van der Waals surface area contributed by atoms with E-state index in [9.17, 15) is 15.2 Å². The van der Waals surface area contributed by atoms with Crippen LogP contribution in [0.25, 0.3) is 0 Å². The van der Waals surface area contributed by atoms with E-state index in [1.807, 2.05) is 7.05 Å². The summed E-state index contributed by atoms with van der Waals surface area (Å²) >= 11 is 0. The summed E-state index contributed by atoms with van der Waals surface area (Å²) < 4.78 is 11.2. The molecule has 0 radical (unpaired) electrons. The van der Waals surface area contributed by atoms with Crippen LogP contribution in [0.3, 0.4) is 0 Å². The molecule has 1 aliphatic rings. The van der Waals surface area contributed by atoms with E-state index in [0.717, 1.165) is 13.1 Å². The molecule has 7 heteroatoms. The first kappa shape index (κ1) is 14.7. The van der Waals surface area contributed by atoms with Crippen LogP contribution in [0, 0.1) is 10.1 Å². The van der Waals surface area contributed by atoms with Gasteiger partial charge in [-0.3, -0.25) is 10.1 Å². The summed E-state index contributed by atoms with van der Waals surface area (Å²) in [6, 6.07) is 4.20. The summed E-state index contributed by atoms with van der Waals surface area (Å²) in [7, 11) is 2.01. The first-order valence-electron chi connectivity index (χ1n) is 6.41. The van der Waals surface area contributed by atoms with E-state index in [1.54, 1.807) is 0 Å². The van der Waals surface area contributed by atoms with Crippen LogP contribution in [-0.4, -0.2) is 54.4 Å². The van der Waals surface area contributed by atoms with Crippen molar-refractivity contribution in [1.82, 2.24) is 4.90 Å². The first-order chi connectivity index (χ1) is 9.60. The third-order valence-corrected chi connectivity index (χ3v) is 3.19. The van der Waals surface area contributed by atoms with Crippen LogP contribution in [0.2, 0.25) is 0 Å². The lowest BCUT2D eigenvalue weighted by atomic mass is 10.2. The molecule has 2 rings (SSSR count). The maximum atomic E-state index is 10.7. The largest absolute Gasteiger partial charge is 0.490 e. The maximum absolute atomic E-state index is 10.7. The van der Waals surface area contributed by atoms with Crippen molar-refractivity contribution in [3.63, 3.8) is 0 Å². The van der Waals surface area contributed by atoms with E-state index in [4.69, 9.17) is 9.47 Å². The molecule has 0 spiro atoms. The highest BCUT2D eigenvalue weighted by Crippen LogP contribution is 2.24. The Morgan fingerprint density at radius 1 is 1.60 bits per heavy atom. The van der Waals surface area contributed by atoms with E-state index in [-0.39, 0.29) is 18.4 Å². The third kappa shape index (κ3) is 3.66. The average Bonchev–Trinajstić information content (AvgIpc) is 2.45. The molecule has 1 aromatic rings. The van der Waals surface area contributed by atoms with E-state index in [1.165, 1.54) is 18.2 Å². The number of hydrogen-bond acceptors (Lipinski definition) is 6. The molecule has 1 saturated heterocycles. The summed E-state index contributed by atoms with van der Waals surface area (Å²) in [5.74, 6) is 0.454. The van der Waals surface area contributed by atoms with Crippen molar-refractivity contribution in [2.45, 2.75) is 12.7 Å². The van der Waals surface area contributed by atoms with Gasteiger partial charge in [0.05, 0.1) is 18.1 Å². The van der Waals surface area contributed by atoms with E-state index >= 15 is 0 Å². The van der Waals surface area contributed by atoms with Gasteiger partial charge in [-0.1, -0.05) is 0 Å². The highest BCUT2D eigenvalue weighted by Gasteiger charge is 2.19. The minimum atomic E-state index is -0.498. The normalized spacial score (nSPS) is 19.8. The van der Waals surface area contributed by atoms with Crippen molar-refractivity contribution in [2.75, 3.05) is 33.4 Å². The number of nitrogens with zero attached hydrogens (tertiary/aromatic N) is 2. The van der Waals surface area contributed by atoms with Crippen LogP contribution in [0.5, 0.6) is 5.75 Å². The van der Waals surface area contributed by atoms with Crippen LogP contribution < -0.4 is 4.74 Å². The fourth-order valence-corrected chi connectivity index (χ4v) is 2.09. The Morgan fingerprint density at radius 2 is 2.40 bits per heavy atom. The topological polar surface area (TPSA) is 85.1 Å². The Hall–Kier alpha value is -1.70. The van der Waals surface area contributed by atoms with Crippen LogP contribution in [-0.2, 0) is 11.3 Å². The second-order valence-corrected chi connectivity index (χ2v) is 4.77. The van der Waals surface area contributed by atoms with Gasteiger partial charge < -0.3 is 19.5 Å². The third-order valence-electron chi connectivity index (χ3n) is 3.19. The Kier molecular flexibility index (Phi) is 4.89. The molecule has 0 saturated carbocycles. The molecule has 1 aromatic carbocycles. The van der Waals surface area contributed by atoms with Gasteiger partial charge >= 0.3 is 0 Å². The molecule has 110 valence electrons. The molecule has 1 N–H and O–H groups in total. The number of ether oxygens (including phenoxy) is 2. The minimum absolute atomic E-state index is 0.0320. The fraction of sp³-hybridized carbons (Fsp3) is 0.538. The van der Waals surface area contributed by atoms with Gasteiger partial charge in [0.1, 0.15) is 18.5 Å². The Labute approximate surface area is 116 Å². The van der Waals surface area contributed by atoms with E-state index in [0.29, 0.717) is 24.5 Å². The number of benzene rings is 1. The standard InChI is InChI=1S/C13H18N2O5/c1-14-4-5-19-12(7-14)9-20-13-3-2-11(15(17)18)6-10(13)8-16/h2-3,6,12,16H,4-5,7-9H2,1H3. The number of likely N-dealkylation sites (N-methyl/N-ethyl adjacent to an activating group) is 1. The molecule has 0 bridgehead atoms. The monoisotopic (exact) mass is 282 g/mol. The maximum Gasteiger partial charge on any atom is 0.270 e. The summed E-state index contributed by atoms with van der Waals surface area (Å²) in [5, 5.41) is 19.9. The SMILES string of the molecule is CN1CCOC(COc2ccc([N+](=O)[O-])cc2CO)C1. The highest BCUT2D eigenvalue weighted by molar-refractivity contribution is 5.43. The smallest absolute Gasteiger partial charge is 0.270 e. The highest BCUT2D eigenvalue weighted by atomic mass is 16.6. The van der Waals surface area contributed by atoms with Gasteiger partial charge in [-0.05, 0) is 13.1 Å². The number of hydrogen-bond donors (Lipinski definition) is 1. The van der Waals surface area contributed by atoms with Crippen molar-refractivity contribution in [3.8, 4) is 5.75 Å². The van der Waals surface area contributed by atoms with Gasteiger partial charge in [0.25, 0.3) is 5.69 Å². The summed E-state index contributed by atoms with van der Waals surface area (Å²) in [6.45, 7) is 2.40. The molecular weight excluding hydrogens is 264 g/mol. The Bertz CT molecular complexity index is 480. The Morgan fingerprint density at radius 3 is 3.05 bits per heavy atom. The summed E-state index contributed by atoms with van der Waals surface area (Å²) in [5.41, 5.74) is 0.346. The van der Waals surface area contributed by atoms with Gasteiger partial charge in [-0.15, -0.1) is 0 Å². The molecule has 7 nitrogen and oxygen atoms in total. The second kappa shape index (κ2) is 6.65. The van der Waals surface area contributed by atoms with E-state index in [2.05, 4.69) is 4.90 Å². The predicted octanol–water partition coefficient (Wildman–Crippen LogP) is 0.796. The lowest BCUT2D eigenvalue weighted by molar-refractivity contribution is -0.385. The number of nitro benzene ring substituents is 1. The van der Waals surface area contributed by atoms with Crippen LogP contribution in [0.15, 0.2) is 18.2 Å². The zero-order valence-corrected chi connectivity index (χ0v) is 11.3. The molecule has 20 heavy (non-hydrogen) atoms. The van der Waals surface area contributed by atoms with Crippen LogP contribution in [0.1, 0.15) is 5.56 Å². The zero-order valence-electron chi connectivity index (χ0n) is 11.3. The number of morpholine rings is 1. The van der Waals surface area contributed by atoms with Gasteiger partial charge in [-0.2, -0.15) is 0 Å². The van der Waals surface area contributed by atoms with Crippen molar-refractivity contribution >= 4 is 5.69 Å². The molecule has 0 aromatic heterocycles. The van der Waals surface area contributed by atoms with Gasteiger partial charge in [0.2, 0.25) is 0 Å². The number of aliphatic hydroxyl groups is 1. The van der Waals surface area contributed by atoms with Crippen molar-refractivity contribution in [2.24, 2.45) is 0 Å². The van der Waals surface area contributed by atoms with Crippen LogP contribution >= 0.6 is 0 Å². The summed E-state index contributed by atoms with van der Waals surface area (Å²) in [6.07, 6.45) is -0.0320. The molecule has 0 amide bonds. The lowest BCUT2D eigenvalue weighted by Crippen LogP contribution is -2.42. The summed E-state index contributed by atoms with van der Waals surface area (Å²) in [4.78, 5) is 12.3. The molecule has 1 atom stereocenters. The molecule has 1 unspecified atom stereocenters. The number of nitro groups is 1. The van der Waals surface area contributed by atoms with Gasteiger partial charge in [0.15, 0.2) is 0 Å². The first-order valence-corrected chi connectivity index (χ1v) is 6.41. The number of rotatable bonds is 5. The van der Waals surface area contributed by atoms with Crippen molar-refractivity contribution in [3.05, 3.63) is 33.9 Å². The molecule has 1 heterocycles. The van der Waals surface area contributed by atoms with E-state index < -0.39 is 4.92 Å². The van der Waals surface area contributed by atoms with Gasteiger partial charge in [0, 0.05) is 30.8 Å². The zero-order chi connectivity index (χ0) is 14.5. The minimum Gasteiger partial charge on any atom is -0.490 e. The quantitative estimate of drug-likeness (QED) is 0.635. The lowest BCUT2D eigenvalue weighted by Gasteiger charge is -2.30. The fourth-order valence-electron chi connectivity index (χ4n) is 2.09. The van der Waals surface area contributed by atoms with Crippen LogP contribution in [0.4, 0.5) is 5.69 Å². The van der Waals surface area contributed by atoms with Gasteiger partial charge in [-0.25, -0.2) is 0 Å². The molecule has 0 aliphatic carbocycles. The Balaban J connectivity index is 2.00. The molecular formula is C13H18N2O5. The van der Waals surface area contributed by atoms with Crippen molar-refractivity contribution in [1.29, 1.82) is 0 Å². The molecule has 1 aliphatic heterocycles. The second-order valence-electron chi connectivity index (χ2n) is 4.77. The predicted molar refractivity (Wildman–Crippen MR) is 71.8 cm³/mol.